The summed E-state index contributed by atoms with van der Waals surface area (Å²) in [5.74, 6) is 1.77. The van der Waals surface area contributed by atoms with E-state index in [1.165, 1.54) is 0 Å². The Kier molecular flexibility index (Phi) is 10.2. The first-order chi connectivity index (χ1) is 13.5. The van der Waals surface area contributed by atoms with Gasteiger partial charge < -0.3 is 25.2 Å². The lowest BCUT2D eigenvalue weighted by molar-refractivity contribution is 0.0527. The van der Waals surface area contributed by atoms with E-state index in [4.69, 9.17) is 9.47 Å². The van der Waals surface area contributed by atoms with Gasteiger partial charge in [0.05, 0.1) is 7.11 Å². The highest BCUT2D eigenvalue weighted by Gasteiger charge is 2.26. The molecule has 0 spiro atoms. The maximum Gasteiger partial charge on any atom is 0.407 e. The Hall–Kier alpha value is -2.09. The molecule has 0 aliphatic rings. The quantitative estimate of drug-likeness (QED) is 0.509. The summed E-state index contributed by atoms with van der Waals surface area (Å²) < 4.78 is 10.5. The highest BCUT2D eigenvalue weighted by Crippen LogP contribution is 2.25. The summed E-state index contributed by atoms with van der Waals surface area (Å²) in [6.45, 7) is 9.79. The molecule has 3 N–H and O–H groups in total. The fourth-order valence-electron chi connectivity index (χ4n) is 2.71. The molecule has 1 aromatic rings. The second-order valence-electron chi connectivity index (χ2n) is 8.27. The van der Waals surface area contributed by atoms with Crippen molar-refractivity contribution in [2.45, 2.75) is 63.7 Å². The fourth-order valence-corrected chi connectivity index (χ4v) is 3.92. The van der Waals surface area contributed by atoms with Crippen molar-refractivity contribution < 1.29 is 24.2 Å². The van der Waals surface area contributed by atoms with Crippen LogP contribution in [0.2, 0.25) is 0 Å². The number of rotatable bonds is 10. The van der Waals surface area contributed by atoms with Crippen LogP contribution in [-0.4, -0.2) is 47.8 Å². The highest BCUT2D eigenvalue weighted by atomic mass is 32.2. The maximum absolute atomic E-state index is 12.1. The molecule has 0 saturated heterocycles. The number of carbonyl (C=O) groups excluding carboxylic acids is 1. The van der Waals surface area contributed by atoms with Crippen LogP contribution in [0.4, 0.5) is 9.59 Å². The molecule has 29 heavy (non-hydrogen) atoms. The Balaban J connectivity index is 2.85. The summed E-state index contributed by atoms with van der Waals surface area (Å²) in [5, 5.41) is 14.5. The third-order valence-electron chi connectivity index (χ3n) is 3.95. The molecule has 2 atom stereocenters. The van der Waals surface area contributed by atoms with Crippen LogP contribution in [0.15, 0.2) is 24.3 Å². The van der Waals surface area contributed by atoms with E-state index in [2.05, 4.69) is 10.6 Å². The molecule has 0 fully saturated rings. The molecule has 164 valence electrons. The first kappa shape index (κ1) is 24.9. The van der Waals surface area contributed by atoms with E-state index in [1.54, 1.807) is 39.6 Å². The molecule has 1 aromatic carbocycles. The Morgan fingerprint density at radius 2 is 1.79 bits per heavy atom. The first-order valence-corrected chi connectivity index (χ1v) is 10.8. The number of amides is 2. The number of thioether (sulfide) groups is 1. The van der Waals surface area contributed by atoms with Crippen LogP contribution < -0.4 is 15.4 Å². The van der Waals surface area contributed by atoms with Gasteiger partial charge in [-0.3, -0.25) is 0 Å². The number of benzene rings is 1. The van der Waals surface area contributed by atoms with Crippen molar-refractivity contribution in [2.75, 3.05) is 13.7 Å². The monoisotopic (exact) mass is 426 g/mol. The Morgan fingerprint density at radius 3 is 2.28 bits per heavy atom. The average Bonchev–Trinajstić information content (AvgIpc) is 2.59. The Bertz CT molecular complexity index is 643. The van der Waals surface area contributed by atoms with Crippen molar-refractivity contribution in [2.24, 2.45) is 5.92 Å². The lowest BCUT2D eigenvalue weighted by Crippen LogP contribution is -2.47. The number of hydrogen-bond donors (Lipinski definition) is 3. The van der Waals surface area contributed by atoms with Gasteiger partial charge in [0, 0.05) is 23.6 Å². The minimum absolute atomic E-state index is 0.150. The molecule has 0 unspecified atom stereocenters. The second-order valence-corrected chi connectivity index (χ2v) is 9.49. The third kappa shape index (κ3) is 10.9. The minimum atomic E-state index is -1.07. The van der Waals surface area contributed by atoms with Crippen molar-refractivity contribution in [1.29, 1.82) is 0 Å². The van der Waals surface area contributed by atoms with Crippen LogP contribution in [0.3, 0.4) is 0 Å². The van der Waals surface area contributed by atoms with E-state index in [0.29, 0.717) is 24.6 Å². The van der Waals surface area contributed by atoms with Gasteiger partial charge in [0.25, 0.3) is 0 Å². The van der Waals surface area contributed by atoms with Crippen LogP contribution in [0.1, 0.15) is 46.6 Å². The molecular weight excluding hydrogens is 392 g/mol. The number of methoxy groups -OCH3 is 1. The van der Waals surface area contributed by atoms with E-state index in [-0.39, 0.29) is 11.3 Å². The molecule has 0 aliphatic carbocycles. The summed E-state index contributed by atoms with van der Waals surface area (Å²) in [5.41, 5.74) is 0.503. The lowest BCUT2D eigenvalue weighted by atomic mass is 10.0. The standard InChI is InChI=1S/C21H34N2O5S/c1-14(2)11-17(23-19(24)25)18(12-22-20(26)28-21(3,4)5)29-13-15-7-9-16(27-6)10-8-15/h7-10,14,17-18,23H,11-13H2,1-6H3,(H,22,26)(H,24,25)/t17-,18-/m0/s1. The number of ether oxygens (including phenoxy) is 2. The van der Waals surface area contributed by atoms with Gasteiger partial charge in [-0.15, -0.1) is 11.8 Å². The molecule has 0 aliphatic heterocycles. The molecule has 0 saturated carbocycles. The normalized spacial score (nSPS) is 13.5. The molecule has 0 radical (unpaired) electrons. The molecule has 0 bridgehead atoms. The van der Waals surface area contributed by atoms with E-state index in [9.17, 15) is 14.7 Å². The molecule has 0 heterocycles. The summed E-state index contributed by atoms with van der Waals surface area (Å²) in [4.78, 5) is 23.4. The zero-order chi connectivity index (χ0) is 22.0. The molecular formula is C21H34N2O5S. The Labute approximate surface area is 177 Å². The van der Waals surface area contributed by atoms with Crippen molar-refractivity contribution in [3.63, 3.8) is 0 Å². The summed E-state index contributed by atoms with van der Waals surface area (Å²) in [6.07, 6.45) is -0.906. The number of nitrogens with one attached hydrogen (secondary N) is 2. The molecule has 1 rings (SSSR count). The second kappa shape index (κ2) is 11.8. The van der Waals surface area contributed by atoms with Gasteiger partial charge in [-0.05, 0) is 50.8 Å². The zero-order valence-corrected chi connectivity index (χ0v) is 19.0. The van der Waals surface area contributed by atoms with Crippen molar-refractivity contribution in [3.8, 4) is 5.75 Å². The van der Waals surface area contributed by atoms with E-state index >= 15 is 0 Å². The minimum Gasteiger partial charge on any atom is -0.497 e. The van der Waals surface area contributed by atoms with Crippen LogP contribution >= 0.6 is 11.8 Å². The van der Waals surface area contributed by atoms with E-state index in [0.717, 1.165) is 11.3 Å². The summed E-state index contributed by atoms with van der Waals surface area (Å²) >= 11 is 1.60. The van der Waals surface area contributed by atoms with E-state index < -0.39 is 17.8 Å². The van der Waals surface area contributed by atoms with Crippen LogP contribution in [0.25, 0.3) is 0 Å². The van der Waals surface area contributed by atoms with Crippen LogP contribution in [-0.2, 0) is 10.5 Å². The molecule has 8 heteroatoms. The number of alkyl carbamates (subject to hydrolysis) is 1. The third-order valence-corrected chi connectivity index (χ3v) is 5.38. The topological polar surface area (TPSA) is 96.9 Å². The zero-order valence-electron chi connectivity index (χ0n) is 18.2. The smallest absolute Gasteiger partial charge is 0.407 e. The number of carbonyl (C=O) groups is 2. The molecule has 7 nitrogen and oxygen atoms in total. The van der Waals surface area contributed by atoms with Crippen molar-refractivity contribution >= 4 is 23.9 Å². The SMILES string of the molecule is COc1ccc(CS[C@@H](CNC(=O)OC(C)(C)C)[C@H](CC(C)C)NC(=O)O)cc1. The Morgan fingerprint density at radius 1 is 1.17 bits per heavy atom. The molecule has 0 aromatic heterocycles. The van der Waals surface area contributed by atoms with Gasteiger partial charge in [0.1, 0.15) is 11.4 Å². The maximum atomic E-state index is 12.1. The number of carboxylic acid groups (broad SMARTS) is 1. The summed E-state index contributed by atoms with van der Waals surface area (Å²) in [6, 6.07) is 7.44. The fraction of sp³-hybridized carbons (Fsp3) is 0.619. The average molecular weight is 427 g/mol. The summed E-state index contributed by atoms with van der Waals surface area (Å²) in [7, 11) is 1.62. The van der Waals surface area contributed by atoms with Gasteiger partial charge >= 0.3 is 12.2 Å². The van der Waals surface area contributed by atoms with Crippen molar-refractivity contribution in [1.82, 2.24) is 10.6 Å². The largest absolute Gasteiger partial charge is 0.497 e. The lowest BCUT2D eigenvalue weighted by Gasteiger charge is -2.29. The van der Waals surface area contributed by atoms with Gasteiger partial charge in [-0.25, -0.2) is 9.59 Å². The van der Waals surface area contributed by atoms with Crippen molar-refractivity contribution in [3.05, 3.63) is 29.8 Å². The van der Waals surface area contributed by atoms with Gasteiger partial charge in [-0.1, -0.05) is 26.0 Å². The molecule has 2 amide bonds. The van der Waals surface area contributed by atoms with Crippen LogP contribution in [0, 0.1) is 5.92 Å². The number of hydrogen-bond acceptors (Lipinski definition) is 5. The van der Waals surface area contributed by atoms with E-state index in [1.807, 2.05) is 38.1 Å². The van der Waals surface area contributed by atoms with Gasteiger partial charge in [0.2, 0.25) is 0 Å². The van der Waals surface area contributed by atoms with Crippen LogP contribution in [0.5, 0.6) is 5.75 Å². The first-order valence-electron chi connectivity index (χ1n) is 9.71. The highest BCUT2D eigenvalue weighted by molar-refractivity contribution is 7.99. The van der Waals surface area contributed by atoms with Gasteiger partial charge in [0.15, 0.2) is 0 Å². The predicted molar refractivity (Wildman–Crippen MR) is 117 cm³/mol. The predicted octanol–water partition coefficient (Wildman–Crippen LogP) is 4.50. The van der Waals surface area contributed by atoms with Gasteiger partial charge in [-0.2, -0.15) is 0 Å².